The Hall–Kier alpha value is -0.740. The van der Waals surface area contributed by atoms with E-state index in [1.54, 1.807) is 12.4 Å². The van der Waals surface area contributed by atoms with Gasteiger partial charge in [0, 0.05) is 31.3 Å². The number of nitrogens with two attached hydrogens (primary N) is 1. The molecule has 2 N–H and O–H groups in total. The van der Waals surface area contributed by atoms with Crippen molar-refractivity contribution in [1.29, 1.82) is 0 Å². The van der Waals surface area contributed by atoms with Crippen LogP contribution in [0.3, 0.4) is 0 Å². The maximum absolute atomic E-state index is 13.1. The van der Waals surface area contributed by atoms with Gasteiger partial charge in [0.2, 0.25) is 5.92 Å². The first-order valence-electron chi connectivity index (χ1n) is 6.20. The average Bonchev–Trinajstić information content (AvgIpc) is 2.32. The molecule has 1 heterocycles. The summed E-state index contributed by atoms with van der Waals surface area (Å²) in [6, 6.07) is 1.72. The third-order valence-electron chi connectivity index (χ3n) is 3.68. The summed E-state index contributed by atoms with van der Waals surface area (Å²) >= 11 is 6.01. The first-order chi connectivity index (χ1) is 8.48. The molecule has 1 unspecified atom stereocenters. The van der Waals surface area contributed by atoms with Crippen molar-refractivity contribution in [1.82, 2.24) is 4.98 Å². The van der Waals surface area contributed by atoms with E-state index in [2.05, 4.69) is 4.98 Å². The minimum atomic E-state index is -2.50. The highest BCUT2D eigenvalue weighted by atomic mass is 35.5. The maximum atomic E-state index is 13.1. The zero-order valence-electron chi connectivity index (χ0n) is 10.1. The maximum Gasteiger partial charge on any atom is 0.248 e. The fourth-order valence-electron chi connectivity index (χ4n) is 2.48. The molecule has 1 saturated carbocycles. The Bertz CT molecular complexity index is 402. The van der Waals surface area contributed by atoms with Crippen LogP contribution in [0.25, 0.3) is 0 Å². The first-order valence-corrected chi connectivity index (χ1v) is 6.57. The normalized spacial score (nSPS) is 21.8. The number of hydrogen-bond acceptors (Lipinski definition) is 2. The lowest BCUT2D eigenvalue weighted by Gasteiger charge is -2.32. The predicted molar refractivity (Wildman–Crippen MR) is 67.8 cm³/mol. The molecule has 1 aliphatic rings. The second kappa shape index (κ2) is 5.49. The summed E-state index contributed by atoms with van der Waals surface area (Å²) in [6.45, 7) is 0. The van der Waals surface area contributed by atoms with Gasteiger partial charge < -0.3 is 5.73 Å². The quantitative estimate of drug-likeness (QED) is 0.917. The van der Waals surface area contributed by atoms with Crippen LogP contribution in [0.4, 0.5) is 8.78 Å². The van der Waals surface area contributed by atoms with Crippen LogP contribution in [0.5, 0.6) is 0 Å². The standard InChI is InChI=1S/C13H17ClF2N2/c14-11-8-18-6-3-10(11)7-12(17)9-1-4-13(15,16)5-2-9/h3,6,8-9,12H,1-2,4-5,7,17H2. The van der Waals surface area contributed by atoms with Crippen LogP contribution in [-0.4, -0.2) is 16.9 Å². The highest BCUT2D eigenvalue weighted by molar-refractivity contribution is 6.31. The van der Waals surface area contributed by atoms with Crippen LogP contribution >= 0.6 is 11.6 Å². The Balaban J connectivity index is 1.93. The molecule has 18 heavy (non-hydrogen) atoms. The van der Waals surface area contributed by atoms with Gasteiger partial charge in [-0.3, -0.25) is 4.98 Å². The van der Waals surface area contributed by atoms with Crippen molar-refractivity contribution < 1.29 is 8.78 Å². The molecule has 100 valence electrons. The van der Waals surface area contributed by atoms with E-state index in [-0.39, 0.29) is 24.8 Å². The molecule has 0 radical (unpaired) electrons. The molecule has 1 aliphatic carbocycles. The Labute approximate surface area is 111 Å². The van der Waals surface area contributed by atoms with Gasteiger partial charge in [-0.15, -0.1) is 0 Å². The average molecular weight is 275 g/mol. The summed E-state index contributed by atoms with van der Waals surface area (Å²) in [4.78, 5) is 3.91. The van der Waals surface area contributed by atoms with E-state index in [1.807, 2.05) is 6.07 Å². The monoisotopic (exact) mass is 274 g/mol. The van der Waals surface area contributed by atoms with Crippen LogP contribution in [0, 0.1) is 5.92 Å². The second-order valence-corrected chi connectivity index (χ2v) is 5.44. The number of pyridine rings is 1. The Morgan fingerprint density at radius 2 is 2.11 bits per heavy atom. The van der Waals surface area contributed by atoms with Crippen LogP contribution in [0.2, 0.25) is 5.02 Å². The lowest BCUT2D eigenvalue weighted by atomic mass is 9.80. The Kier molecular flexibility index (Phi) is 4.17. The van der Waals surface area contributed by atoms with Crippen LogP contribution in [0.15, 0.2) is 18.5 Å². The number of hydrogen-bond donors (Lipinski definition) is 1. The van der Waals surface area contributed by atoms with Crippen molar-refractivity contribution in [3.8, 4) is 0 Å². The largest absolute Gasteiger partial charge is 0.327 e. The summed E-state index contributed by atoms with van der Waals surface area (Å²) in [5, 5.41) is 0.592. The van der Waals surface area contributed by atoms with Crippen LogP contribution in [0.1, 0.15) is 31.2 Å². The molecule has 2 rings (SSSR count). The number of halogens is 3. The van der Waals surface area contributed by atoms with Crippen molar-refractivity contribution in [2.75, 3.05) is 0 Å². The van der Waals surface area contributed by atoms with Crippen molar-refractivity contribution >= 4 is 11.6 Å². The SMILES string of the molecule is NC(Cc1ccncc1Cl)C1CCC(F)(F)CC1. The molecule has 1 aromatic rings. The van der Waals surface area contributed by atoms with E-state index >= 15 is 0 Å². The summed E-state index contributed by atoms with van der Waals surface area (Å²) in [5.41, 5.74) is 7.06. The number of rotatable bonds is 3. The first kappa shape index (κ1) is 13.7. The molecule has 0 amide bonds. The molecule has 0 aliphatic heterocycles. The molecular formula is C13H17ClF2N2. The second-order valence-electron chi connectivity index (χ2n) is 5.03. The van der Waals surface area contributed by atoms with Gasteiger partial charge in [0.05, 0.1) is 5.02 Å². The molecule has 2 nitrogen and oxygen atoms in total. The van der Waals surface area contributed by atoms with Crippen molar-refractivity contribution in [2.45, 2.75) is 44.1 Å². The number of nitrogens with zero attached hydrogens (tertiary/aromatic N) is 1. The minimum Gasteiger partial charge on any atom is -0.327 e. The highest BCUT2D eigenvalue weighted by Crippen LogP contribution is 2.37. The Morgan fingerprint density at radius 1 is 1.44 bits per heavy atom. The van der Waals surface area contributed by atoms with E-state index in [4.69, 9.17) is 17.3 Å². The van der Waals surface area contributed by atoms with Crippen LogP contribution < -0.4 is 5.73 Å². The molecule has 1 aromatic heterocycles. The highest BCUT2D eigenvalue weighted by Gasteiger charge is 2.36. The van der Waals surface area contributed by atoms with E-state index in [1.165, 1.54) is 0 Å². The molecule has 1 fully saturated rings. The summed E-state index contributed by atoms with van der Waals surface area (Å²) in [6.07, 6.45) is 4.78. The zero-order valence-corrected chi connectivity index (χ0v) is 10.8. The lowest BCUT2D eigenvalue weighted by Crippen LogP contribution is -2.37. The van der Waals surface area contributed by atoms with Gasteiger partial charge in [0.1, 0.15) is 0 Å². The summed E-state index contributed by atoms with van der Waals surface area (Å²) in [5.74, 6) is -2.33. The molecule has 0 bridgehead atoms. The van der Waals surface area contributed by atoms with Gasteiger partial charge >= 0.3 is 0 Å². The van der Waals surface area contributed by atoms with E-state index in [0.29, 0.717) is 24.3 Å². The van der Waals surface area contributed by atoms with E-state index < -0.39 is 5.92 Å². The predicted octanol–water partition coefficient (Wildman–Crippen LogP) is 3.43. The topological polar surface area (TPSA) is 38.9 Å². The fraction of sp³-hybridized carbons (Fsp3) is 0.615. The molecular weight excluding hydrogens is 258 g/mol. The van der Waals surface area contributed by atoms with Crippen molar-refractivity contribution in [2.24, 2.45) is 11.7 Å². The molecule has 5 heteroatoms. The summed E-state index contributed by atoms with van der Waals surface area (Å²) in [7, 11) is 0. The van der Waals surface area contributed by atoms with Gasteiger partial charge in [-0.2, -0.15) is 0 Å². The van der Waals surface area contributed by atoms with Gasteiger partial charge in [-0.1, -0.05) is 11.6 Å². The summed E-state index contributed by atoms with van der Waals surface area (Å²) < 4.78 is 26.1. The van der Waals surface area contributed by atoms with Gasteiger partial charge in [-0.05, 0) is 36.8 Å². The van der Waals surface area contributed by atoms with Crippen molar-refractivity contribution in [3.63, 3.8) is 0 Å². The molecule has 0 saturated heterocycles. The van der Waals surface area contributed by atoms with E-state index in [9.17, 15) is 8.78 Å². The smallest absolute Gasteiger partial charge is 0.248 e. The number of aromatic nitrogens is 1. The van der Waals surface area contributed by atoms with E-state index in [0.717, 1.165) is 5.56 Å². The van der Waals surface area contributed by atoms with Crippen molar-refractivity contribution in [3.05, 3.63) is 29.0 Å². The minimum absolute atomic E-state index is 0.0462. The fourth-order valence-corrected chi connectivity index (χ4v) is 2.68. The molecule has 0 spiro atoms. The molecule has 0 aromatic carbocycles. The Morgan fingerprint density at radius 3 is 2.72 bits per heavy atom. The zero-order chi connectivity index (χ0) is 13.2. The number of alkyl halides is 2. The third-order valence-corrected chi connectivity index (χ3v) is 4.02. The van der Waals surface area contributed by atoms with Gasteiger partial charge in [0.15, 0.2) is 0 Å². The third kappa shape index (κ3) is 3.39. The van der Waals surface area contributed by atoms with Crippen LogP contribution in [-0.2, 0) is 6.42 Å². The van der Waals surface area contributed by atoms with Gasteiger partial charge in [0.25, 0.3) is 0 Å². The van der Waals surface area contributed by atoms with Gasteiger partial charge in [-0.25, -0.2) is 8.78 Å². The molecule has 1 atom stereocenters. The lowest BCUT2D eigenvalue weighted by molar-refractivity contribution is -0.0481.